The van der Waals surface area contributed by atoms with Crippen molar-refractivity contribution in [3.05, 3.63) is 0 Å². The van der Waals surface area contributed by atoms with E-state index in [4.69, 9.17) is 0 Å². The van der Waals surface area contributed by atoms with Crippen molar-refractivity contribution in [1.82, 2.24) is 10.2 Å². The molecule has 2 fully saturated rings. The summed E-state index contributed by atoms with van der Waals surface area (Å²) in [6.45, 7) is 5.12. The SMILES string of the molecule is CCN(C(=O)C1CCCCS1)C1CCNCC1. The summed E-state index contributed by atoms with van der Waals surface area (Å²) in [7, 11) is 0. The Bertz CT molecular complexity index is 248. The van der Waals surface area contributed by atoms with Gasteiger partial charge in [-0.2, -0.15) is 0 Å². The van der Waals surface area contributed by atoms with Crippen LogP contribution in [0.15, 0.2) is 0 Å². The lowest BCUT2D eigenvalue weighted by Crippen LogP contribution is -2.49. The quantitative estimate of drug-likeness (QED) is 0.837. The Labute approximate surface area is 109 Å². The fraction of sp³-hybridized carbons (Fsp3) is 0.923. The molecule has 2 aliphatic heterocycles. The van der Waals surface area contributed by atoms with Gasteiger partial charge in [-0.15, -0.1) is 11.8 Å². The van der Waals surface area contributed by atoms with Gasteiger partial charge in [0.15, 0.2) is 0 Å². The van der Waals surface area contributed by atoms with Crippen LogP contribution in [0.1, 0.15) is 39.0 Å². The molecule has 2 rings (SSSR count). The van der Waals surface area contributed by atoms with E-state index in [2.05, 4.69) is 17.1 Å². The average Bonchev–Trinajstić information content (AvgIpc) is 2.42. The minimum absolute atomic E-state index is 0.249. The lowest BCUT2D eigenvalue weighted by atomic mass is 10.0. The second kappa shape index (κ2) is 6.64. The van der Waals surface area contributed by atoms with Crippen LogP contribution < -0.4 is 5.32 Å². The van der Waals surface area contributed by atoms with E-state index in [0.717, 1.165) is 38.9 Å². The summed E-state index contributed by atoms with van der Waals surface area (Å²) in [5.74, 6) is 1.57. The van der Waals surface area contributed by atoms with Gasteiger partial charge in [0.05, 0.1) is 5.25 Å². The van der Waals surface area contributed by atoms with Gasteiger partial charge in [0, 0.05) is 12.6 Å². The van der Waals surface area contributed by atoms with Crippen molar-refractivity contribution < 1.29 is 4.79 Å². The third kappa shape index (κ3) is 3.38. The normalized spacial score (nSPS) is 26.8. The molecule has 1 N–H and O–H groups in total. The van der Waals surface area contributed by atoms with Gasteiger partial charge in [0.2, 0.25) is 5.91 Å². The molecule has 2 aliphatic rings. The molecule has 1 amide bonds. The third-order valence-corrected chi connectivity index (χ3v) is 5.19. The zero-order valence-corrected chi connectivity index (χ0v) is 11.6. The first kappa shape index (κ1) is 13.2. The molecule has 1 unspecified atom stereocenters. The van der Waals surface area contributed by atoms with Crippen molar-refractivity contribution >= 4 is 17.7 Å². The molecule has 0 spiro atoms. The number of thioether (sulfide) groups is 1. The van der Waals surface area contributed by atoms with Crippen LogP contribution in [0, 0.1) is 0 Å². The number of nitrogens with one attached hydrogen (secondary N) is 1. The van der Waals surface area contributed by atoms with Crippen LogP contribution in [-0.4, -0.2) is 47.5 Å². The number of piperidine rings is 1. The molecule has 0 bridgehead atoms. The average molecular weight is 256 g/mol. The van der Waals surface area contributed by atoms with E-state index < -0.39 is 0 Å². The first-order valence-electron chi connectivity index (χ1n) is 6.95. The predicted molar refractivity (Wildman–Crippen MR) is 73.4 cm³/mol. The standard InChI is InChI=1S/C13H24N2OS/c1-2-15(11-6-8-14-9-7-11)13(16)12-5-3-4-10-17-12/h11-12,14H,2-10H2,1H3. The van der Waals surface area contributed by atoms with Crippen LogP contribution in [0.5, 0.6) is 0 Å². The van der Waals surface area contributed by atoms with Crippen LogP contribution in [-0.2, 0) is 4.79 Å². The van der Waals surface area contributed by atoms with E-state index in [9.17, 15) is 4.79 Å². The van der Waals surface area contributed by atoms with Gasteiger partial charge in [0.1, 0.15) is 0 Å². The number of nitrogens with zero attached hydrogens (tertiary/aromatic N) is 1. The lowest BCUT2D eigenvalue weighted by molar-refractivity contribution is -0.133. The van der Waals surface area contributed by atoms with Crippen LogP contribution in [0.3, 0.4) is 0 Å². The van der Waals surface area contributed by atoms with Crippen molar-refractivity contribution in [1.29, 1.82) is 0 Å². The Hall–Kier alpha value is -0.220. The summed E-state index contributed by atoms with van der Waals surface area (Å²) < 4.78 is 0. The molecule has 2 saturated heterocycles. The summed E-state index contributed by atoms with van der Waals surface area (Å²) in [4.78, 5) is 14.7. The summed E-state index contributed by atoms with van der Waals surface area (Å²) in [6, 6.07) is 0.483. The second-order valence-electron chi connectivity index (χ2n) is 4.96. The molecule has 3 nitrogen and oxygen atoms in total. The molecular formula is C13H24N2OS. The molecule has 1 atom stereocenters. The van der Waals surface area contributed by atoms with Gasteiger partial charge in [-0.1, -0.05) is 6.42 Å². The van der Waals surface area contributed by atoms with E-state index in [1.807, 2.05) is 11.8 Å². The molecule has 0 radical (unpaired) electrons. The van der Waals surface area contributed by atoms with E-state index in [1.165, 1.54) is 18.6 Å². The zero-order chi connectivity index (χ0) is 12.1. The Balaban J connectivity index is 1.93. The van der Waals surface area contributed by atoms with Gasteiger partial charge < -0.3 is 10.2 Å². The van der Waals surface area contributed by atoms with Crippen molar-refractivity contribution in [2.24, 2.45) is 0 Å². The van der Waals surface area contributed by atoms with Crippen LogP contribution in [0.25, 0.3) is 0 Å². The zero-order valence-electron chi connectivity index (χ0n) is 10.8. The van der Waals surface area contributed by atoms with Crippen molar-refractivity contribution in [2.75, 3.05) is 25.4 Å². The van der Waals surface area contributed by atoms with Crippen LogP contribution in [0.2, 0.25) is 0 Å². The Kier molecular flexibility index (Phi) is 5.16. The van der Waals surface area contributed by atoms with Crippen molar-refractivity contribution in [2.45, 2.75) is 50.3 Å². The van der Waals surface area contributed by atoms with Gasteiger partial charge in [-0.3, -0.25) is 4.79 Å². The lowest BCUT2D eigenvalue weighted by Gasteiger charge is -2.36. The van der Waals surface area contributed by atoms with E-state index in [0.29, 0.717) is 11.9 Å². The molecule has 2 heterocycles. The number of carbonyl (C=O) groups excluding carboxylic acids is 1. The molecule has 0 saturated carbocycles. The molecular weight excluding hydrogens is 232 g/mol. The topological polar surface area (TPSA) is 32.3 Å². The third-order valence-electron chi connectivity index (χ3n) is 3.83. The number of hydrogen-bond donors (Lipinski definition) is 1. The van der Waals surface area contributed by atoms with Crippen molar-refractivity contribution in [3.63, 3.8) is 0 Å². The molecule has 98 valence electrons. The van der Waals surface area contributed by atoms with Gasteiger partial charge in [0.25, 0.3) is 0 Å². The highest BCUT2D eigenvalue weighted by molar-refractivity contribution is 8.00. The molecule has 17 heavy (non-hydrogen) atoms. The molecule has 0 aromatic heterocycles. The summed E-state index contributed by atoms with van der Waals surface area (Å²) in [5.41, 5.74) is 0. The predicted octanol–water partition coefficient (Wildman–Crippen LogP) is 1.87. The smallest absolute Gasteiger partial charge is 0.235 e. The molecule has 0 aliphatic carbocycles. The van der Waals surface area contributed by atoms with E-state index in [1.54, 1.807) is 0 Å². The van der Waals surface area contributed by atoms with Crippen LogP contribution >= 0.6 is 11.8 Å². The molecule has 0 aromatic rings. The maximum Gasteiger partial charge on any atom is 0.235 e. The van der Waals surface area contributed by atoms with E-state index >= 15 is 0 Å². The first-order chi connectivity index (χ1) is 8.33. The Morgan fingerprint density at radius 3 is 2.65 bits per heavy atom. The Morgan fingerprint density at radius 1 is 1.29 bits per heavy atom. The highest BCUT2D eigenvalue weighted by Crippen LogP contribution is 2.28. The first-order valence-corrected chi connectivity index (χ1v) is 8.00. The fourth-order valence-corrected chi connectivity index (χ4v) is 4.10. The highest BCUT2D eigenvalue weighted by atomic mass is 32.2. The molecule has 4 heteroatoms. The summed E-state index contributed by atoms with van der Waals surface area (Å²) in [6.07, 6.45) is 5.85. The highest BCUT2D eigenvalue weighted by Gasteiger charge is 2.30. The number of amides is 1. The maximum absolute atomic E-state index is 12.5. The molecule has 0 aromatic carbocycles. The minimum atomic E-state index is 0.249. The summed E-state index contributed by atoms with van der Waals surface area (Å²) >= 11 is 1.87. The van der Waals surface area contributed by atoms with E-state index in [-0.39, 0.29) is 5.25 Å². The second-order valence-corrected chi connectivity index (χ2v) is 6.27. The fourth-order valence-electron chi connectivity index (χ4n) is 2.83. The van der Waals surface area contributed by atoms with Gasteiger partial charge in [-0.05, 0) is 51.4 Å². The van der Waals surface area contributed by atoms with Gasteiger partial charge in [-0.25, -0.2) is 0 Å². The van der Waals surface area contributed by atoms with Gasteiger partial charge >= 0.3 is 0 Å². The number of hydrogen-bond acceptors (Lipinski definition) is 3. The monoisotopic (exact) mass is 256 g/mol. The maximum atomic E-state index is 12.5. The summed E-state index contributed by atoms with van der Waals surface area (Å²) in [5, 5.41) is 3.62. The van der Waals surface area contributed by atoms with Crippen LogP contribution in [0.4, 0.5) is 0 Å². The Morgan fingerprint density at radius 2 is 2.06 bits per heavy atom. The van der Waals surface area contributed by atoms with Crippen molar-refractivity contribution in [3.8, 4) is 0 Å². The number of carbonyl (C=O) groups is 1. The minimum Gasteiger partial charge on any atom is -0.339 e. The largest absolute Gasteiger partial charge is 0.339 e. The number of rotatable bonds is 3.